The molecule has 0 radical (unpaired) electrons. The minimum absolute atomic E-state index is 0.0244. The SMILES string of the molecule is COC[C@](C)(N)c1cnc(OC)c2cnc(Cc3ccc4c(n3)[C@@H](C)C(C)(C)OC4=O)cc12. The van der Waals surface area contributed by atoms with Gasteiger partial charge in [0.1, 0.15) is 5.60 Å². The van der Waals surface area contributed by atoms with Crippen molar-refractivity contribution < 1.29 is 19.0 Å². The first kappa shape index (κ1) is 23.1. The summed E-state index contributed by atoms with van der Waals surface area (Å²) < 4.78 is 16.3. The Morgan fingerprint density at radius 3 is 2.61 bits per heavy atom. The summed E-state index contributed by atoms with van der Waals surface area (Å²) in [6, 6.07) is 5.64. The Bertz CT molecular complexity index is 1220. The van der Waals surface area contributed by atoms with E-state index in [9.17, 15) is 4.79 Å². The second-order valence-corrected chi connectivity index (χ2v) is 9.38. The van der Waals surface area contributed by atoms with Gasteiger partial charge in [-0.05, 0) is 44.4 Å². The van der Waals surface area contributed by atoms with Crippen LogP contribution in [0.4, 0.5) is 0 Å². The second-order valence-electron chi connectivity index (χ2n) is 9.38. The third-order valence-corrected chi connectivity index (χ3v) is 6.42. The van der Waals surface area contributed by atoms with E-state index in [1.54, 1.807) is 32.7 Å². The molecule has 3 aromatic rings. The molecule has 8 heteroatoms. The van der Waals surface area contributed by atoms with Gasteiger partial charge < -0.3 is 19.9 Å². The molecule has 0 aliphatic carbocycles. The number of carbonyl (C=O) groups is 1. The molecule has 4 rings (SSSR count). The molecule has 1 aliphatic heterocycles. The molecule has 0 saturated carbocycles. The number of ether oxygens (including phenoxy) is 3. The first-order valence-corrected chi connectivity index (χ1v) is 10.9. The predicted octanol–water partition coefficient (Wildman–Crippen LogP) is 3.50. The molecule has 0 fully saturated rings. The van der Waals surface area contributed by atoms with Crippen LogP contribution in [0.3, 0.4) is 0 Å². The molecule has 2 N–H and O–H groups in total. The normalized spacial score (nSPS) is 19.0. The monoisotopic (exact) mass is 450 g/mol. The smallest absolute Gasteiger partial charge is 0.340 e. The van der Waals surface area contributed by atoms with E-state index in [0.29, 0.717) is 24.5 Å². The number of nitrogens with two attached hydrogens (primary N) is 1. The van der Waals surface area contributed by atoms with Gasteiger partial charge in [-0.1, -0.05) is 6.92 Å². The molecule has 3 aromatic heterocycles. The van der Waals surface area contributed by atoms with Crippen LogP contribution < -0.4 is 10.5 Å². The number of rotatable bonds is 6. The zero-order chi connectivity index (χ0) is 24.0. The third-order valence-electron chi connectivity index (χ3n) is 6.42. The second kappa shape index (κ2) is 8.35. The van der Waals surface area contributed by atoms with Crippen LogP contribution in [0.5, 0.6) is 5.88 Å². The Morgan fingerprint density at radius 1 is 1.15 bits per heavy atom. The van der Waals surface area contributed by atoms with Gasteiger partial charge in [-0.3, -0.25) is 9.97 Å². The number of fused-ring (bicyclic) bond motifs is 2. The minimum Gasteiger partial charge on any atom is -0.481 e. The molecule has 2 atom stereocenters. The van der Waals surface area contributed by atoms with E-state index in [0.717, 1.165) is 33.4 Å². The fourth-order valence-corrected chi connectivity index (χ4v) is 4.26. The zero-order valence-corrected chi connectivity index (χ0v) is 19.9. The number of methoxy groups -OCH3 is 2. The van der Waals surface area contributed by atoms with Gasteiger partial charge in [-0.15, -0.1) is 0 Å². The summed E-state index contributed by atoms with van der Waals surface area (Å²) >= 11 is 0. The number of carbonyl (C=O) groups excluding carboxylic acids is 1. The maximum Gasteiger partial charge on any atom is 0.340 e. The van der Waals surface area contributed by atoms with Crippen LogP contribution >= 0.6 is 0 Å². The summed E-state index contributed by atoms with van der Waals surface area (Å²) in [4.78, 5) is 26.3. The average Bonchev–Trinajstić information content (AvgIpc) is 2.76. The lowest BCUT2D eigenvalue weighted by Crippen LogP contribution is -2.39. The lowest BCUT2D eigenvalue weighted by atomic mass is 9.84. The lowest BCUT2D eigenvalue weighted by molar-refractivity contribution is -0.0190. The Labute approximate surface area is 193 Å². The number of nitrogens with zero attached hydrogens (tertiary/aromatic N) is 3. The fourth-order valence-electron chi connectivity index (χ4n) is 4.26. The highest BCUT2D eigenvalue weighted by Gasteiger charge is 2.40. The van der Waals surface area contributed by atoms with Gasteiger partial charge in [-0.25, -0.2) is 9.78 Å². The molecule has 0 spiro atoms. The summed E-state index contributed by atoms with van der Waals surface area (Å²) in [5.41, 5.74) is 8.99. The van der Waals surface area contributed by atoms with E-state index in [1.165, 1.54) is 0 Å². The number of aromatic nitrogens is 3. The molecular weight excluding hydrogens is 420 g/mol. The molecule has 33 heavy (non-hydrogen) atoms. The average molecular weight is 451 g/mol. The van der Waals surface area contributed by atoms with E-state index in [1.807, 2.05) is 39.8 Å². The standard InChI is InChI=1S/C25H30N4O4/c1-14-21-17(23(30)33-24(14,2)3)8-7-15(29-21)9-16-10-18-19(11-27-16)22(32-6)28-12-20(18)25(4,26)13-31-5/h7-8,10-12,14H,9,13,26H2,1-6H3/t14-,25+/m1/s1. The summed E-state index contributed by atoms with van der Waals surface area (Å²) in [6.45, 7) is 8.09. The molecule has 0 amide bonds. The Balaban J connectivity index is 1.76. The Morgan fingerprint density at radius 2 is 1.91 bits per heavy atom. The van der Waals surface area contributed by atoms with E-state index in [4.69, 9.17) is 24.9 Å². The van der Waals surface area contributed by atoms with Gasteiger partial charge >= 0.3 is 5.97 Å². The molecule has 0 unspecified atom stereocenters. The first-order valence-electron chi connectivity index (χ1n) is 10.9. The van der Waals surface area contributed by atoms with Crippen LogP contribution in [0.15, 0.2) is 30.6 Å². The number of esters is 1. The van der Waals surface area contributed by atoms with Gasteiger partial charge in [0.15, 0.2) is 0 Å². The van der Waals surface area contributed by atoms with Crippen LogP contribution in [0.25, 0.3) is 10.8 Å². The van der Waals surface area contributed by atoms with Crippen LogP contribution in [0, 0.1) is 0 Å². The molecular formula is C25H30N4O4. The first-order chi connectivity index (χ1) is 15.6. The van der Waals surface area contributed by atoms with Crippen molar-refractivity contribution in [2.45, 2.75) is 51.2 Å². The predicted molar refractivity (Wildman–Crippen MR) is 124 cm³/mol. The molecule has 0 aromatic carbocycles. The van der Waals surface area contributed by atoms with Crippen molar-refractivity contribution in [3.8, 4) is 5.88 Å². The Hall–Kier alpha value is -3.10. The maximum absolute atomic E-state index is 12.4. The van der Waals surface area contributed by atoms with E-state index < -0.39 is 11.1 Å². The molecule has 174 valence electrons. The molecule has 1 aliphatic rings. The van der Waals surface area contributed by atoms with Gasteiger partial charge in [0.2, 0.25) is 5.88 Å². The van der Waals surface area contributed by atoms with Crippen LogP contribution in [0.1, 0.15) is 66.6 Å². The van der Waals surface area contributed by atoms with Crippen molar-refractivity contribution in [3.63, 3.8) is 0 Å². The van der Waals surface area contributed by atoms with Gasteiger partial charge in [-0.2, -0.15) is 0 Å². The highest BCUT2D eigenvalue weighted by atomic mass is 16.6. The highest BCUT2D eigenvalue weighted by molar-refractivity contribution is 5.92. The van der Waals surface area contributed by atoms with Crippen LogP contribution in [0.2, 0.25) is 0 Å². The number of hydrogen-bond donors (Lipinski definition) is 1. The summed E-state index contributed by atoms with van der Waals surface area (Å²) in [5.74, 6) is 0.131. The van der Waals surface area contributed by atoms with Gasteiger partial charge in [0, 0.05) is 48.8 Å². The zero-order valence-electron chi connectivity index (χ0n) is 19.9. The number of cyclic esters (lactones) is 1. The van der Waals surface area contributed by atoms with E-state index in [2.05, 4.69) is 9.97 Å². The van der Waals surface area contributed by atoms with Crippen molar-refractivity contribution in [1.82, 2.24) is 15.0 Å². The van der Waals surface area contributed by atoms with Crippen molar-refractivity contribution >= 4 is 16.7 Å². The van der Waals surface area contributed by atoms with Crippen molar-refractivity contribution in [2.75, 3.05) is 20.8 Å². The van der Waals surface area contributed by atoms with Crippen molar-refractivity contribution in [3.05, 3.63) is 58.8 Å². The minimum atomic E-state index is -0.740. The quantitative estimate of drug-likeness (QED) is 0.568. The van der Waals surface area contributed by atoms with Crippen LogP contribution in [-0.2, 0) is 21.4 Å². The summed E-state index contributed by atoms with van der Waals surface area (Å²) in [7, 11) is 3.20. The van der Waals surface area contributed by atoms with E-state index >= 15 is 0 Å². The topological polar surface area (TPSA) is 109 Å². The van der Waals surface area contributed by atoms with Gasteiger partial charge in [0.05, 0.1) is 35.9 Å². The number of hydrogen-bond acceptors (Lipinski definition) is 8. The summed E-state index contributed by atoms with van der Waals surface area (Å²) in [5, 5.41) is 1.69. The summed E-state index contributed by atoms with van der Waals surface area (Å²) in [6.07, 6.45) is 3.99. The van der Waals surface area contributed by atoms with Crippen molar-refractivity contribution in [1.29, 1.82) is 0 Å². The molecule has 0 saturated heterocycles. The maximum atomic E-state index is 12.4. The highest BCUT2D eigenvalue weighted by Crippen LogP contribution is 2.37. The number of pyridine rings is 3. The van der Waals surface area contributed by atoms with Gasteiger partial charge in [0.25, 0.3) is 0 Å². The van der Waals surface area contributed by atoms with Crippen molar-refractivity contribution in [2.24, 2.45) is 5.73 Å². The largest absolute Gasteiger partial charge is 0.481 e. The molecule has 0 bridgehead atoms. The Kier molecular flexibility index (Phi) is 5.84. The third kappa shape index (κ3) is 4.16. The lowest BCUT2D eigenvalue weighted by Gasteiger charge is -2.36. The fraction of sp³-hybridized carbons (Fsp3) is 0.440. The van der Waals surface area contributed by atoms with E-state index in [-0.39, 0.29) is 11.9 Å². The van der Waals surface area contributed by atoms with Crippen LogP contribution in [-0.4, -0.2) is 47.3 Å². The molecule has 4 heterocycles. The molecule has 8 nitrogen and oxygen atoms in total.